The highest BCUT2D eigenvalue weighted by atomic mass is 35.5. The lowest BCUT2D eigenvalue weighted by atomic mass is 10.0. The van der Waals surface area contributed by atoms with Gasteiger partial charge in [-0.2, -0.15) is 13.2 Å². The number of ketones is 1. The number of sulfonamides is 1. The van der Waals surface area contributed by atoms with Crippen LogP contribution in [0.25, 0.3) is 5.69 Å². The van der Waals surface area contributed by atoms with Crippen LogP contribution in [0, 0.1) is 12.8 Å². The van der Waals surface area contributed by atoms with Crippen LogP contribution >= 0.6 is 11.6 Å². The van der Waals surface area contributed by atoms with Crippen molar-refractivity contribution >= 4 is 33.1 Å². The molecule has 10 heteroatoms. The third kappa shape index (κ3) is 4.79. The summed E-state index contributed by atoms with van der Waals surface area (Å²) in [5.74, 6) is -0.428. The Hall–Kier alpha value is -2.78. The minimum atomic E-state index is -4.96. The van der Waals surface area contributed by atoms with Crippen molar-refractivity contribution in [2.75, 3.05) is 4.72 Å². The highest BCUT2D eigenvalue weighted by Gasteiger charge is 2.43. The molecule has 1 heterocycles. The predicted octanol–water partition coefficient (Wildman–Crippen LogP) is 6.24. The fraction of sp³-hybridized carbons (Fsp3) is 0.261. The molecule has 5 nitrogen and oxygen atoms in total. The lowest BCUT2D eigenvalue weighted by Crippen LogP contribution is -2.20. The third-order valence-corrected chi connectivity index (χ3v) is 7.12. The Labute approximate surface area is 194 Å². The zero-order valence-corrected chi connectivity index (χ0v) is 19.1. The second-order valence-electron chi connectivity index (χ2n) is 7.98. The first kappa shape index (κ1) is 23.4. The molecule has 0 atom stereocenters. The smallest absolute Gasteiger partial charge is 0.308 e. The normalized spacial score (nSPS) is 14.3. The number of halogens is 4. The van der Waals surface area contributed by atoms with E-state index >= 15 is 0 Å². The summed E-state index contributed by atoms with van der Waals surface area (Å²) >= 11 is 5.90. The maximum atomic E-state index is 14.4. The molecule has 2 aromatic carbocycles. The molecule has 1 saturated carbocycles. The molecule has 1 aliphatic carbocycles. The number of nitrogens with zero attached hydrogens (tertiary/aromatic N) is 1. The number of alkyl halides is 3. The molecule has 174 valence electrons. The summed E-state index contributed by atoms with van der Waals surface area (Å²) in [6, 6.07) is 12.7. The first-order chi connectivity index (χ1) is 15.5. The summed E-state index contributed by atoms with van der Waals surface area (Å²) in [5.41, 5.74) is -2.19. The summed E-state index contributed by atoms with van der Waals surface area (Å²) in [6.45, 7) is 1.38. The average molecular weight is 497 g/mol. The van der Waals surface area contributed by atoms with Gasteiger partial charge >= 0.3 is 6.18 Å². The van der Waals surface area contributed by atoms with E-state index in [1.807, 2.05) is 0 Å². The molecule has 0 spiro atoms. The molecule has 1 aromatic heterocycles. The molecular formula is C23H20ClF3N2O3S. The van der Waals surface area contributed by atoms with Crippen LogP contribution in [-0.4, -0.2) is 18.8 Å². The fourth-order valence-corrected chi connectivity index (χ4v) is 5.02. The van der Waals surface area contributed by atoms with Gasteiger partial charge in [-0.15, -0.1) is 0 Å². The van der Waals surface area contributed by atoms with Crippen LogP contribution in [0.5, 0.6) is 0 Å². The monoisotopic (exact) mass is 496 g/mol. The Kier molecular flexibility index (Phi) is 6.05. The molecule has 3 aromatic rings. The van der Waals surface area contributed by atoms with Crippen molar-refractivity contribution in [3.05, 3.63) is 76.6 Å². The number of hydrogen-bond acceptors (Lipinski definition) is 3. The Bertz CT molecular complexity index is 1300. The lowest BCUT2D eigenvalue weighted by Gasteiger charge is -2.16. The van der Waals surface area contributed by atoms with E-state index in [2.05, 4.69) is 4.72 Å². The minimum Gasteiger partial charge on any atom is -0.308 e. The van der Waals surface area contributed by atoms with Gasteiger partial charge in [0.2, 0.25) is 0 Å². The van der Waals surface area contributed by atoms with Gasteiger partial charge in [0.05, 0.1) is 16.1 Å². The average Bonchev–Trinajstić information content (AvgIpc) is 3.50. The van der Waals surface area contributed by atoms with Crippen molar-refractivity contribution in [2.24, 2.45) is 5.92 Å². The van der Waals surface area contributed by atoms with Gasteiger partial charge in [0.1, 0.15) is 0 Å². The second-order valence-corrected chi connectivity index (χ2v) is 10.1. The van der Waals surface area contributed by atoms with E-state index < -0.39 is 33.4 Å². The number of carbonyl (C=O) groups excluding carboxylic acids is 1. The lowest BCUT2D eigenvalue weighted by molar-refractivity contribution is -0.141. The number of carbonyl (C=O) groups is 1. The molecule has 33 heavy (non-hydrogen) atoms. The fourth-order valence-electron chi connectivity index (χ4n) is 3.79. The van der Waals surface area contributed by atoms with Crippen molar-refractivity contribution in [3.63, 3.8) is 0 Å². The molecule has 0 amide bonds. The topological polar surface area (TPSA) is 68.2 Å². The summed E-state index contributed by atoms with van der Waals surface area (Å²) in [7, 11) is -4.39. The van der Waals surface area contributed by atoms with Crippen molar-refractivity contribution in [2.45, 2.75) is 37.3 Å². The standard InChI is InChI=1S/C23H20ClF3N2O3S/c1-14-20(19(30)13-15-7-8-15)21(28-33(31,32)18-5-3-2-4-6-18)22(23(25,26)27)29(14)17-11-9-16(24)10-12-17/h2-6,9-12,15,28H,7-8,13H2,1H3. The van der Waals surface area contributed by atoms with E-state index in [1.165, 1.54) is 55.5 Å². The zero-order valence-electron chi connectivity index (χ0n) is 17.5. The van der Waals surface area contributed by atoms with Crippen molar-refractivity contribution < 1.29 is 26.4 Å². The molecule has 0 saturated heterocycles. The molecule has 0 aliphatic heterocycles. The van der Waals surface area contributed by atoms with E-state index in [4.69, 9.17) is 11.6 Å². The molecular weight excluding hydrogens is 477 g/mol. The number of anilines is 1. The van der Waals surface area contributed by atoms with E-state index in [9.17, 15) is 26.4 Å². The van der Waals surface area contributed by atoms with E-state index in [1.54, 1.807) is 6.07 Å². The number of rotatable bonds is 7. The Morgan fingerprint density at radius 2 is 1.70 bits per heavy atom. The highest BCUT2D eigenvalue weighted by Crippen LogP contribution is 2.44. The predicted molar refractivity (Wildman–Crippen MR) is 119 cm³/mol. The summed E-state index contributed by atoms with van der Waals surface area (Å²) in [6.07, 6.45) is -3.26. The van der Waals surface area contributed by atoms with Gasteiger partial charge in [-0.3, -0.25) is 9.52 Å². The van der Waals surface area contributed by atoms with Gasteiger partial charge in [0.15, 0.2) is 11.5 Å². The van der Waals surface area contributed by atoms with Crippen LogP contribution in [0.15, 0.2) is 59.5 Å². The molecule has 0 radical (unpaired) electrons. The molecule has 1 aliphatic rings. The van der Waals surface area contributed by atoms with Gasteiger partial charge in [0.25, 0.3) is 10.0 Å². The molecule has 4 rings (SSSR count). The largest absolute Gasteiger partial charge is 0.433 e. The van der Waals surface area contributed by atoms with Gasteiger partial charge < -0.3 is 4.57 Å². The Morgan fingerprint density at radius 1 is 1.09 bits per heavy atom. The number of benzene rings is 2. The van der Waals surface area contributed by atoms with Gasteiger partial charge in [-0.25, -0.2) is 8.42 Å². The molecule has 1 fully saturated rings. The first-order valence-corrected chi connectivity index (χ1v) is 12.0. The molecule has 0 bridgehead atoms. The maximum absolute atomic E-state index is 14.4. The third-order valence-electron chi connectivity index (χ3n) is 5.50. The molecule has 1 N–H and O–H groups in total. The van der Waals surface area contributed by atoms with Crippen molar-refractivity contribution in [3.8, 4) is 5.69 Å². The number of aromatic nitrogens is 1. The van der Waals surface area contributed by atoms with Gasteiger partial charge in [-0.1, -0.05) is 29.8 Å². The van der Waals surface area contributed by atoms with Crippen molar-refractivity contribution in [1.82, 2.24) is 4.57 Å². The minimum absolute atomic E-state index is 0.000981. The van der Waals surface area contributed by atoms with Crippen LogP contribution in [0.4, 0.5) is 18.9 Å². The first-order valence-electron chi connectivity index (χ1n) is 10.2. The summed E-state index contributed by atoms with van der Waals surface area (Å²) < 4.78 is 72.1. The van der Waals surface area contributed by atoms with E-state index in [0.717, 1.165) is 17.4 Å². The summed E-state index contributed by atoms with van der Waals surface area (Å²) in [5, 5.41) is 0.326. The quantitative estimate of drug-likeness (QED) is 0.393. The van der Waals surface area contributed by atoms with Gasteiger partial charge in [-0.05, 0) is 62.1 Å². The van der Waals surface area contributed by atoms with E-state index in [-0.39, 0.29) is 34.2 Å². The Balaban J connectivity index is 1.96. The highest BCUT2D eigenvalue weighted by molar-refractivity contribution is 7.92. The van der Waals surface area contributed by atoms with Crippen molar-refractivity contribution in [1.29, 1.82) is 0 Å². The van der Waals surface area contributed by atoms with Crippen LogP contribution < -0.4 is 4.72 Å². The maximum Gasteiger partial charge on any atom is 0.433 e. The van der Waals surface area contributed by atoms with Gasteiger partial charge in [0, 0.05) is 22.8 Å². The summed E-state index contributed by atoms with van der Waals surface area (Å²) in [4.78, 5) is 12.9. The van der Waals surface area contributed by atoms with E-state index in [0.29, 0.717) is 5.02 Å². The van der Waals surface area contributed by atoms with Crippen LogP contribution in [0.2, 0.25) is 5.02 Å². The zero-order chi connectivity index (χ0) is 24.0. The second kappa shape index (κ2) is 8.53. The number of Topliss-reactive ketones (excluding diaryl/α,β-unsaturated/α-hetero) is 1. The number of nitrogens with one attached hydrogen (secondary N) is 1. The number of hydrogen-bond donors (Lipinski definition) is 1. The molecule has 0 unspecified atom stereocenters. The Morgan fingerprint density at radius 3 is 2.24 bits per heavy atom. The van der Waals surface area contributed by atoms with Crippen LogP contribution in [0.3, 0.4) is 0 Å². The van der Waals surface area contributed by atoms with Crippen LogP contribution in [-0.2, 0) is 16.2 Å². The van der Waals surface area contributed by atoms with Crippen LogP contribution in [0.1, 0.15) is 41.0 Å². The SMILES string of the molecule is Cc1c(C(=O)CC2CC2)c(NS(=O)(=O)c2ccccc2)c(C(F)(F)F)n1-c1ccc(Cl)cc1.